The average molecular weight is 382 g/mol. The maximum atomic E-state index is 12.6. The van der Waals surface area contributed by atoms with Crippen LogP contribution < -0.4 is 10.9 Å². The standard InChI is InChI=1S/C19H18N4O3S/c1-26-11-10-23-16(24)9-7-14(22-23)18(25)21-19-20-17-13-5-3-2-4-12(13)6-8-15(17)27-19/h2-5,7,9H,6,8,10-11H2,1H3,(H,20,21,25). The van der Waals surface area contributed by atoms with Gasteiger partial charge in [-0.25, -0.2) is 9.67 Å². The molecule has 1 amide bonds. The monoisotopic (exact) mass is 382 g/mol. The molecule has 7 nitrogen and oxygen atoms in total. The maximum absolute atomic E-state index is 12.6. The molecule has 27 heavy (non-hydrogen) atoms. The second kappa shape index (κ2) is 7.42. The van der Waals surface area contributed by atoms with E-state index in [-0.39, 0.29) is 17.2 Å². The second-order valence-electron chi connectivity index (χ2n) is 6.17. The van der Waals surface area contributed by atoms with E-state index in [4.69, 9.17) is 4.74 Å². The van der Waals surface area contributed by atoms with Crippen LogP contribution in [0, 0.1) is 0 Å². The predicted molar refractivity (Wildman–Crippen MR) is 103 cm³/mol. The van der Waals surface area contributed by atoms with Crippen LogP contribution in [0.25, 0.3) is 11.3 Å². The number of hydrogen-bond donors (Lipinski definition) is 1. The number of anilines is 1. The van der Waals surface area contributed by atoms with Crippen LogP contribution >= 0.6 is 11.3 Å². The fraction of sp³-hybridized carbons (Fsp3) is 0.263. The number of thiazole rings is 1. The van der Waals surface area contributed by atoms with Crippen molar-refractivity contribution in [2.45, 2.75) is 19.4 Å². The zero-order valence-electron chi connectivity index (χ0n) is 14.8. The van der Waals surface area contributed by atoms with E-state index in [1.807, 2.05) is 12.1 Å². The fourth-order valence-electron chi connectivity index (χ4n) is 3.07. The topological polar surface area (TPSA) is 86.1 Å². The zero-order valence-corrected chi connectivity index (χ0v) is 15.6. The van der Waals surface area contributed by atoms with Gasteiger partial charge < -0.3 is 4.74 Å². The lowest BCUT2D eigenvalue weighted by molar-refractivity contribution is 0.101. The van der Waals surface area contributed by atoms with Crippen molar-refractivity contribution in [3.05, 3.63) is 62.9 Å². The molecule has 0 saturated carbocycles. The van der Waals surface area contributed by atoms with Crippen molar-refractivity contribution in [2.24, 2.45) is 0 Å². The summed E-state index contributed by atoms with van der Waals surface area (Å²) in [7, 11) is 1.55. The molecule has 8 heteroatoms. The highest BCUT2D eigenvalue weighted by Gasteiger charge is 2.21. The lowest BCUT2D eigenvalue weighted by Crippen LogP contribution is -2.27. The van der Waals surface area contributed by atoms with E-state index in [2.05, 4.69) is 27.5 Å². The summed E-state index contributed by atoms with van der Waals surface area (Å²) in [6.07, 6.45) is 1.89. The second-order valence-corrected chi connectivity index (χ2v) is 7.26. The third-order valence-corrected chi connectivity index (χ3v) is 5.45. The quantitative estimate of drug-likeness (QED) is 0.732. The summed E-state index contributed by atoms with van der Waals surface area (Å²) in [5, 5.41) is 7.46. The highest BCUT2D eigenvalue weighted by atomic mass is 32.1. The molecule has 138 valence electrons. The van der Waals surface area contributed by atoms with Gasteiger partial charge in [-0.3, -0.25) is 14.9 Å². The molecule has 1 aromatic carbocycles. The lowest BCUT2D eigenvalue weighted by Gasteiger charge is -2.13. The highest BCUT2D eigenvalue weighted by Crippen LogP contribution is 2.37. The number of hydrogen-bond acceptors (Lipinski definition) is 6. The van der Waals surface area contributed by atoms with E-state index in [1.165, 1.54) is 38.6 Å². The number of aryl methyl sites for hydroxylation is 2. The number of nitrogens with zero attached hydrogens (tertiary/aromatic N) is 3. The smallest absolute Gasteiger partial charge is 0.277 e. The Morgan fingerprint density at radius 3 is 2.96 bits per heavy atom. The SMILES string of the molecule is COCCn1nc(C(=O)Nc2nc3c(s2)CCc2ccccc2-3)ccc1=O. The van der Waals surface area contributed by atoms with Gasteiger partial charge >= 0.3 is 0 Å². The van der Waals surface area contributed by atoms with Crippen molar-refractivity contribution in [3.63, 3.8) is 0 Å². The van der Waals surface area contributed by atoms with E-state index in [9.17, 15) is 9.59 Å². The first-order valence-electron chi connectivity index (χ1n) is 8.62. The van der Waals surface area contributed by atoms with Crippen molar-refractivity contribution in [2.75, 3.05) is 19.0 Å². The van der Waals surface area contributed by atoms with Crippen LogP contribution in [-0.2, 0) is 24.1 Å². The minimum atomic E-state index is -0.388. The van der Waals surface area contributed by atoms with Crippen LogP contribution in [0.5, 0.6) is 0 Å². The third-order valence-electron chi connectivity index (χ3n) is 4.42. The Kier molecular flexibility index (Phi) is 4.83. The van der Waals surface area contributed by atoms with Crippen LogP contribution in [0.4, 0.5) is 5.13 Å². The summed E-state index contributed by atoms with van der Waals surface area (Å²) in [6, 6.07) is 11.0. The molecule has 0 spiro atoms. The molecule has 3 aromatic rings. The minimum Gasteiger partial charge on any atom is -0.383 e. The Balaban J connectivity index is 1.57. The van der Waals surface area contributed by atoms with Crippen molar-refractivity contribution >= 4 is 22.4 Å². The van der Waals surface area contributed by atoms with Gasteiger partial charge in [0.2, 0.25) is 0 Å². The summed E-state index contributed by atoms with van der Waals surface area (Å²) in [5.74, 6) is -0.388. The number of ether oxygens (including phenoxy) is 1. The Bertz CT molecular complexity index is 1060. The Hall–Kier alpha value is -2.84. The molecular formula is C19H18N4O3S. The summed E-state index contributed by atoms with van der Waals surface area (Å²) in [6.45, 7) is 0.634. The molecule has 4 rings (SSSR count). The fourth-order valence-corrected chi connectivity index (χ4v) is 4.04. The molecule has 2 aromatic heterocycles. The molecule has 0 radical (unpaired) electrons. The normalized spacial score (nSPS) is 12.3. The highest BCUT2D eigenvalue weighted by molar-refractivity contribution is 7.16. The van der Waals surface area contributed by atoms with Crippen molar-refractivity contribution < 1.29 is 9.53 Å². The van der Waals surface area contributed by atoms with Crippen LogP contribution in [0.2, 0.25) is 0 Å². The summed E-state index contributed by atoms with van der Waals surface area (Å²) in [4.78, 5) is 30.2. The van der Waals surface area contributed by atoms with Crippen LogP contribution in [0.15, 0.2) is 41.2 Å². The Morgan fingerprint density at radius 1 is 1.26 bits per heavy atom. The van der Waals surface area contributed by atoms with Crippen molar-refractivity contribution in [1.82, 2.24) is 14.8 Å². The molecular weight excluding hydrogens is 364 g/mol. The molecule has 0 bridgehead atoms. The Labute approximate surface area is 159 Å². The number of carbonyl (C=O) groups is 1. The molecule has 2 heterocycles. The van der Waals surface area contributed by atoms with Gasteiger partial charge in [-0.15, -0.1) is 11.3 Å². The molecule has 1 N–H and O–H groups in total. The number of nitrogens with one attached hydrogen (secondary N) is 1. The largest absolute Gasteiger partial charge is 0.383 e. The molecule has 1 aliphatic carbocycles. The molecule has 0 unspecified atom stereocenters. The number of fused-ring (bicyclic) bond motifs is 3. The molecule has 0 atom stereocenters. The summed E-state index contributed by atoms with van der Waals surface area (Å²) in [5.41, 5.74) is 3.24. The number of benzene rings is 1. The van der Waals surface area contributed by atoms with Gasteiger partial charge in [-0.05, 0) is 24.5 Å². The van der Waals surface area contributed by atoms with Gasteiger partial charge in [0.05, 0.1) is 18.8 Å². The van der Waals surface area contributed by atoms with Crippen LogP contribution in [0.3, 0.4) is 0 Å². The van der Waals surface area contributed by atoms with E-state index in [0.29, 0.717) is 18.3 Å². The summed E-state index contributed by atoms with van der Waals surface area (Å²) >= 11 is 1.48. The summed E-state index contributed by atoms with van der Waals surface area (Å²) < 4.78 is 6.19. The number of amides is 1. The molecule has 0 saturated heterocycles. The maximum Gasteiger partial charge on any atom is 0.277 e. The molecule has 0 fully saturated rings. The first kappa shape index (κ1) is 17.6. The van der Waals surface area contributed by atoms with Crippen molar-refractivity contribution in [3.8, 4) is 11.3 Å². The van der Waals surface area contributed by atoms with E-state index in [0.717, 1.165) is 24.1 Å². The first-order chi connectivity index (χ1) is 13.2. The predicted octanol–water partition coefficient (Wildman–Crippen LogP) is 2.36. The zero-order chi connectivity index (χ0) is 18.8. The van der Waals surface area contributed by atoms with Gasteiger partial charge in [-0.1, -0.05) is 24.3 Å². The lowest BCUT2D eigenvalue weighted by atomic mass is 9.94. The first-order valence-corrected chi connectivity index (χ1v) is 9.44. The minimum absolute atomic E-state index is 0.166. The van der Waals surface area contributed by atoms with Gasteiger partial charge in [0.1, 0.15) is 5.69 Å². The van der Waals surface area contributed by atoms with E-state index < -0.39 is 0 Å². The van der Waals surface area contributed by atoms with Crippen LogP contribution in [-0.4, -0.2) is 34.4 Å². The molecule has 0 aliphatic heterocycles. The molecule has 1 aliphatic rings. The number of rotatable bonds is 5. The third kappa shape index (κ3) is 3.54. The van der Waals surface area contributed by atoms with Gasteiger partial charge in [0.15, 0.2) is 5.13 Å². The number of aromatic nitrogens is 3. The number of carbonyl (C=O) groups excluding carboxylic acids is 1. The van der Waals surface area contributed by atoms with Gasteiger partial charge in [0.25, 0.3) is 11.5 Å². The van der Waals surface area contributed by atoms with E-state index in [1.54, 1.807) is 7.11 Å². The van der Waals surface area contributed by atoms with Crippen molar-refractivity contribution in [1.29, 1.82) is 0 Å². The van der Waals surface area contributed by atoms with Gasteiger partial charge in [0, 0.05) is 23.6 Å². The number of methoxy groups -OCH3 is 1. The van der Waals surface area contributed by atoms with Gasteiger partial charge in [-0.2, -0.15) is 5.10 Å². The van der Waals surface area contributed by atoms with Crippen LogP contribution in [0.1, 0.15) is 20.9 Å². The van der Waals surface area contributed by atoms with E-state index >= 15 is 0 Å². The Morgan fingerprint density at radius 2 is 2.11 bits per heavy atom. The average Bonchev–Trinajstić information content (AvgIpc) is 3.10.